The minimum absolute atomic E-state index is 0.0819. The normalized spacial score (nSPS) is 16.4. The van der Waals surface area contributed by atoms with Gasteiger partial charge in [0.1, 0.15) is 0 Å². The van der Waals surface area contributed by atoms with Gasteiger partial charge in [-0.15, -0.1) is 0 Å². The molecule has 21 heavy (non-hydrogen) atoms. The molecule has 1 aromatic rings. The average molecular weight is 358 g/mol. The molecule has 1 aliphatic heterocycles. The Balaban J connectivity index is 2.13. The van der Waals surface area contributed by atoms with Crippen LogP contribution < -0.4 is 10.1 Å². The van der Waals surface area contributed by atoms with Gasteiger partial charge in [-0.3, -0.25) is 14.9 Å². The highest BCUT2D eigenvalue weighted by molar-refractivity contribution is 9.10. The van der Waals surface area contributed by atoms with Crippen molar-refractivity contribution in [1.29, 1.82) is 0 Å². The van der Waals surface area contributed by atoms with E-state index in [1.807, 2.05) is 0 Å². The molecule has 1 aliphatic rings. The van der Waals surface area contributed by atoms with E-state index >= 15 is 0 Å². The molecular formula is C13H16BrN3O4. The largest absolute Gasteiger partial charge is 0.473 e. The standard InChI is InChI=1S/C13H16BrN3O4/c1-9(13(18)16-7-5-15-6-8-16)21-12-10(14)3-2-4-11(12)17(19)20/h2-4,9,15H,5-8H2,1H3. The molecule has 2 rings (SSSR count). The summed E-state index contributed by atoms with van der Waals surface area (Å²) in [5.41, 5.74) is -0.163. The Morgan fingerprint density at radius 3 is 2.76 bits per heavy atom. The van der Waals surface area contributed by atoms with Gasteiger partial charge in [0.2, 0.25) is 5.75 Å². The second-order valence-electron chi connectivity index (χ2n) is 4.68. The fourth-order valence-corrected chi connectivity index (χ4v) is 2.58. The van der Waals surface area contributed by atoms with Crippen molar-refractivity contribution in [3.05, 3.63) is 32.8 Å². The zero-order valence-corrected chi connectivity index (χ0v) is 13.1. The number of nitro benzene ring substituents is 1. The highest BCUT2D eigenvalue weighted by atomic mass is 79.9. The summed E-state index contributed by atoms with van der Waals surface area (Å²) in [6, 6.07) is 4.55. The van der Waals surface area contributed by atoms with Crippen molar-refractivity contribution >= 4 is 27.5 Å². The van der Waals surface area contributed by atoms with Crippen LogP contribution in [-0.2, 0) is 4.79 Å². The summed E-state index contributed by atoms with van der Waals surface area (Å²) in [7, 11) is 0. The van der Waals surface area contributed by atoms with E-state index in [0.29, 0.717) is 17.6 Å². The van der Waals surface area contributed by atoms with Crippen molar-refractivity contribution in [2.24, 2.45) is 0 Å². The first-order valence-electron chi connectivity index (χ1n) is 6.59. The van der Waals surface area contributed by atoms with Gasteiger partial charge in [0.05, 0.1) is 9.40 Å². The number of ether oxygens (including phenoxy) is 1. The summed E-state index contributed by atoms with van der Waals surface area (Å²) in [6.07, 6.45) is -0.777. The molecule has 8 heteroatoms. The number of benzene rings is 1. The van der Waals surface area contributed by atoms with Crippen LogP contribution in [-0.4, -0.2) is 48.0 Å². The van der Waals surface area contributed by atoms with Gasteiger partial charge < -0.3 is 15.0 Å². The van der Waals surface area contributed by atoms with Crippen LogP contribution in [0.4, 0.5) is 5.69 Å². The highest BCUT2D eigenvalue weighted by Crippen LogP contribution is 2.35. The van der Waals surface area contributed by atoms with E-state index in [2.05, 4.69) is 21.2 Å². The van der Waals surface area contributed by atoms with Crippen molar-refractivity contribution in [2.75, 3.05) is 26.2 Å². The number of nitro groups is 1. The van der Waals surface area contributed by atoms with Gasteiger partial charge in [0, 0.05) is 32.2 Å². The van der Waals surface area contributed by atoms with E-state index in [4.69, 9.17) is 4.74 Å². The second-order valence-corrected chi connectivity index (χ2v) is 5.53. The molecule has 1 amide bonds. The predicted molar refractivity (Wildman–Crippen MR) is 80.3 cm³/mol. The summed E-state index contributed by atoms with van der Waals surface area (Å²) < 4.78 is 6.01. The average Bonchev–Trinajstić information content (AvgIpc) is 2.49. The molecule has 1 aromatic carbocycles. The fraction of sp³-hybridized carbons (Fsp3) is 0.462. The molecule has 1 atom stereocenters. The van der Waals surface area contributed by atoms with Crippen LogP contribution in [0.3, 0.4) is 0 Å². The molecule has 0 saturated carbocycles. The van der Waals surface area contributed by atoms with Gasteiger partial charge in [-0.2, -0.15) is 0 Å². The Labute approximate surface area is 130 Å². The van der Waals surface area contributed by atoms with Crippen LogP contribution in [0.15, 0.2) is 22.7 Å². The van der Waals surface area contributed by atoms with Crippen LogP contribution in [0.2, 0.25) is 0 Å². The van der Waals surface area contributed by atoms with Gasteiger partial charge >= 0.3 is 5.69 Å². The van der Waals surface area contributed by atoms with E-state index in [1.54, 1.807) is 24.0 Å². The van der Waals surface area contributed by atoms with E-state index in [9.17, 15) is 14.9 Å². The van der Waals surface area contributed by atoms with Crippen molar-refractivity contribution in [1.82, 2.24) is 10.2 Å². The SMILES string of the molecule is CC(Oc1c(Br)cccc1[N+](=O)[O-])C(=O)N1CCNCC1. The number of halogens is 1. The van der Waals surface area contributed by atoms with Gasteiger partial charge in [-0.25, -0.2) is 0 Å². The van der Waals surface area contributed by atoms with E-state index in [-0.39, 0.29) is 17.3 Å². The Hall–Kier alpha value is -1.67. The van der Waals surface area contributed by atoms with Crippen LogP contribution in [0.25, 0.3) is 0 Å². The first kappa shape index (κ1) is 15.7. The number of hydrogen-bond acceptors (Lipinski definition) is 5. The zero-order chi connectivity index (χ0) is 15.4. The second kappa shape index (κ2) is 6.86. The summed E-state index contributed by atoms with van der Waals surface area (Å²) >= 11 is 3.22. The molecular weight excluding hydrogens is 342 g/mol. The maximum Gasteiger partial charge on any atom is 0.312 e. The number of nitrogens with zero attached hydrogens (tertiary/aromatic N) is 2. The maximum atomic E-state index is 12.3. The maximum absolute atomic E-state index is 12.3. The third kappa shape index (κ3) is 3.70. The molecule has 1 fully saturated rings. The molecule has 1 heterocycles. The molecule has 7 nitrogen and oxygen atoms in total. The number of carbonyl (C=O) groups excluding carboxylic acids is 1. The Kier molecular flexibility index (Phi) is 5.13. The Bertz CT molecular complexity index is 546. The summed E-state index contributed by atoms with van der Waals surface area (Å²) in [5.74, 6) is -0.0833. The van der Waals surface area contributed by atoms with E-state index < -0.39 is 11.0 Å². The summed E-state index contributed by atoms with van der Waals surface area (Å²) in [6.45, 7) is 4.32. The monoisotopic (exact) mass is 357 g/mol. The third-order valence-electron chi connectivity index (χ3n) is 3.21. The minimum atomic E-state index is -0.777. The summed E-state index contributed by atoms with van der Waals surface area (Å²) in [5, 5.41) is 14.2. The number of rotatable bonds is 4. The fourth-order valence-electron chi connectivity index (χ4n) is 2.13. The lowest BCUT2D eigenvalue weighted by Gasteiger charge is -2.29. The van der Waals surface area contributed by atoms with Crippen LogP contribution in [0, 0.1) is 10.1 Å². The van der Waals surface area contributed by atoms with Crippen molar-refractivity contribution in [2.45, 2.75) is 13.0 Å². The molecule has 1 saturated heterocycles. The van der Waals surface area contributed by atoms with Crippen LogP contribution >= 0.6 is 15.9 Å². The number of carbonyl (C=O) groups is 1. The van der Waals surface area contributed by atoms with Crippen LogP contribution in [0.1, 0.15) is 6.92 Å². The first-order chi connectivity index (χ1) is 10.0. The third-order valence-corrected chi connectivity index (χ3v) is 3.84. The Morgan fingerprint density at radius 1 is 1.48 bits per heavy atom. The summed E-state index contributed by atoms with van der Waals surface area (Å²) in [4.78, 5) is 24.5. The molecule has 1 N–H and O–H groups in total. The van der Waals surface area contributed by atoms with E-state index in [0.717, 1.165) is 13.1 Å². The van der Waals surface area contributed by atoms with Gasteiger partial charge in [-0.1, -0.05) is 6.07 Å². The number of nitrogens with one attached hydrogen (secondary N) is 1. The van der Waals surface area contributed by atoms with Gasteiger partial charge in [0.15, 0.2) is 6.10 Å². The number of hydrogen-bond donors (Lipinski definition) is 1. The van der Waals surface area contributed by atoms with Gasteiger partial charge in [0.25, 0.3) is 5.91 Å². The molecule has 0 radical (unpaired) electrons. The molecule has 0 aliphatic carbocycles. The number of para-hydroxylation sites is 1. The molecule has 0 aromatic heterocycles. The topological polar surface area (TPSA) is 84.7 Å². The Morgan fingerprint density at radius 2 is 2.14 bits per heavy atom. The highest BCUT2D eigenvalue weighted by Gasteiger charge is 2.27. The zero-order valence-electron chi connectivity index (χ0n) is 11.5. The predicted octanol–water partition coefficient (Wildman–Crippen LogP) is 1.56. The van der Waals surface area contributed by atoms with Crippen molar-refractivity contribution in [3.63, 3.8) is 0 Å². The smallest absolute Gasteiger partial charge is 0.312 e. The lowest BCUT2D eigenvalue weighted by atomic mass is 10.2. The van der Waals surface area contributed by atoms with Gasteiger partial charge in [-0.05, 0) is 28.9 Å². The molecule has 114 valence electrons. The minimum Gasteiger partial charge on any atom is -0.473 e. The molecule has 0 spiro atoms. The lowest BCUT2D eigenvalue weighted by molar-refractivity contribution is -0.386. The first-order valence-corrected chi connectivity index (χ1v) is 7.39. The lowest BCUT2D eigenvalue weighted by Crippen LogP contribution is -2.50. The molecule has 0 bridgehead atoms. The van der Waals surface area contributed by atoms with Crippen molar-refractivity contribution < 1.29 is 14.5 Å². The van der Waals surface area contributed by atoms with Crippen LogP contribution in [0.5, 0.6) is 5.75 Å². The number of amides is 1. The van der Waals surface area contributed by atoms with Crippen molar-refractivity contribution in [3.8, 4) is 5.75 Å². The quantitative estimate of drug-likeness (QED) is 0.652. The molecule has 1 unspecified atom stereocenters. The number of piperazine rings is 1. The van der Waals surface area contributed by atoms with E-state index in [1.165, 1.54) is 6.07 Å².